The van der Waals surface area contributed by atoms with Crippen molar-refractivity contribution in [3.8, 4) is 16.9 Å². The van der Waals surface area contributed by atoms with Crippen LogP contribution in [0.15, 0.2) is 48.5 Å². The Labute approximate surface area is 139 Å². The van der Waals surface area contributed by atoms with Crippen LogP contribution >= 0.6 is 0 Å². The van der Waals surface area contributed by atoms with E-state index in [2.05, 4.69) is 92.3 Å². The molecule has 0 aliphatic rings. The SMILES string of the molecule is Cc1ccc(-n2nnc([Si](C)(C)C)c2-c2ccccc2C)cc1. The molecule has 0 unspecified atom stereocenters. The number of aromatic nitrogens is 3. The number of aryl methyl sites for hydroxylation is 2. The van der Waals surface area contributed by atoms with E-state index in [0.717, 1.165) is 16.7 Å². The average molecular weight is 322 g/mol. The lowest BCUT2D eigenvalue weighted by molar-refractivity contribution is 0.809. The Hall–Kier alpha value is -2.20. The molecule has 0 bridgehead atoms. The van der Waals surface area contributed by atoms with E-state index in [1.807, 2.05) is 4.68 Å². The zero-order chi connectivity index (χ0) is 16.6. The molecule has 2 aromatic carbocycles. The first-order valence-corrected chi connectivity index (χ1v) is 11.5. The molecule has 1 heterocycles. The van der Waals surface area contributed by atoms with Crippen LogP contribution in [0.5, 0.6) is 0 Å². The molecule has 4 heteroatoms. The van der Waals surface area contributed by atoms with Crippen molar-refractivity contribution in [3.63, 3.8) is 0 Å². The molecular weight excluding hydrogens is 298 g/mol. The number of rotatable bonds is 3. The molecule has 0 fully saturated rings. The normalized spacial score (nSPS) is 11.7. The lowest BCUT2D eigenvalue weighted by Gasteiger charge is -2.17. The number of nitrogens with zero attached hydrogens (tertiary/aromatic N) is 3. The minimum absolute atomic E-state index is 1.06. The van der Waals surface area contributed by atoms with E-state index in [0.29, 0.717) is 0 Å². The van der Waals surface area contributed by atoms with E-state index < -0.39 is 8.07 Å². The van der Waals surface area contributed by atoms with Gasteiger partial charge in [0.15, 0.2) is 0 Å². The Morgan fingerprint density at radius 3 is 2.13 bits per heavy atom. The highest BCUT2D eigenvalue weighted by molar-refractivity contribution is 6.89. The van der Waals surface area contributed by atoms with Crippen molar-refractivity contribution < 1.29 is 0 Å². The smallest absolute Gasteiger partial charge is 0.107 e. The minimum Gasteiger partial charge on any atom is -0.213 e. The maximum atomic E-state index is 4.58. The predicted molar refractivity (Wildman–Crippen MR) is 99.2 cm³/mol. The molecule has 3 rings (SSSR count). The van der Waals surface area contributed by atoms with Gasteiger partial charge in [-0.1, -0.05) is 66.8 Å². The highest BCUT2D eigenvalue weighted by Gasteiger charge is 2.28. The van der Waals surface area contributed by atoms with E-state index in [-0.39, 0.29) is 0 Å². The fraction of sp³-hybridized carbons (Fsp3) is 0.263. The molecule has 23 heavy (non-hydrogen) atoms. The van der Waals surface area contributed by atoms with Gasteiger partial charge in [0.25, 0.3) is 0 Å². The largest absolute Gasteiger partial charge is 0.213 e. The molecular formula is C19H23N3Si. The predicted octanol–water partition coefficient (Wildman–Crippen LogP) is 4.10. The van der Waals surface area contributed by atoms with Crippen LogP contribution in [0.4, 0.5) is 0 Å². The standard InChI is InChI=1S/C19H23N3Si/c1-14-10-12-16(13-11-14)22-18(17-9-7-6-8-15(17)2)19(20-21-22)23(3,4)5/h6-13H,1-5H3. The first-order valence-electron chi connectivity index (χ1n) is 7.97. The van der Waals surface area contributed by atoms with Crippen LogP contribution in [0, 0.1) is 13.8 Å². The zero-order valence-corrected chi connectivity index (χ0v) is 15.5. The van der Waals surface area contributed by atoms with Gasteiger partial charge in [-0.3, -0.25) is 0 Å². The summed E-state index contributed by atoms with van der Waals surface area (Å²) in [5.74, 6) is 0. The van der Waals surface area contributed by atoms with Crippen molar-refractivity contribution in [1.82, 2.24) is 15.0 Å². The molecule has 0 saturated carbocycles. The quantitative estimate of drug-likeness (QED) is 0.680. The van der Waals surface area contributed by atoms with Gasteiger partial charge < -0.3 is 0 Å². The van der Waals surface area contributed by atoms with Gasteiger partial charge in [0.1, 0.15) is 8.07 Å². The summed E-state index contributed by atoms with van der Waals surface area (Å²) in [4.78, 5) is 0. The number of benzene rings is 2. The van der Waals surface area contributed by atoms with Crippen LogP contribution in [0.25, 0.3) is 16.9 Å². The van der Waals surface area contributed by atoms with Crippen LogP contribution < -0.4 is 5.32 Å². The maximum Gasteiger partial charge on any atom is 0.107 e. The van der Waals surface area contributed by atoms with E-state index in [1.54, 1.807) is 0 Å². The van der Waals surface area contributed by atoms with E-state index in [4.69, 9.17) is 0 Å². The lowest BCUT2D eigenvalue weighted by atomic mass is 10.1. The molecule has 0 atom stereocenters. The molecule has 3 aromatic rings. The van der Waals surface area contributed by atoms with Crippen molar-refractivity contribution in [3.05, 3.63) is 59.7 Å². The molecule has 0 amide bonds. The summed E-state index contributed by atoms with van der Waals surface area (Å²) in [6.45, 7) is 11.2. The summed E-state index contributed by atoms with van der Waals surface area (Å²) in [6.07, 6.45) is 0. The van der Waals surface area contributed by atoms with Gasteiger partial charge >= 0.3 is 0 Å². The minimum atomic E-state index is -1.60. The second-order valence-electron chi connectivity index (χ2n) is 7.10. The summed E-state index contributed by atoms with van der Waals surface area (Å²) in [5, 5.41) is 10.2. The number of hydrogen-bond donors (Lipinski definition) is 0. The summed E-state index contributed by atoms with van der Waals surface area (Å²) in [5.41, 5.74) is 5.92. The first-order chi connectivity index (χ1) is 10.9. The van der Waals surface area contributed by atoms with Crippen LogP contribution in [-0.4, -0.2) is 23.1 Å². The summed E-state index contributed by atoms with van der Waals surface area (Å²) in [7, 11) is -1.60. The van der Waals surface area contributed by atoms with Crippen LogP contribution in [-0.2, 0) is 0 Å². The molecule has 0 saturated heterocycles. The van der Waals surface area contributed by atoms with Crippen molar-refractivity contribution in [1.29, 1.82) is 0 Å². The lowest BCUT2D eigenvalue weighted by Crippen LogP contribution is -2.40. The molecule has 0 aliphatic carbocycles. The van der Waals surface area contributed by atoms with Crippen molar-refractivity contribution in [2.24, 2.45) is 0 Å². The van der Waals surface area contributed by atoms with Gasteiger partial charge in [-0.05, 0) is 31.5 Å². The zero-order valence-electron chi connectivity index (χ0n) is 14.5. The first kappa shape index (κ1) is 15.7. The van der Waals surface area contributed by atoms with Gasteiger partial charge in [-0.25, -0.2) is 4.68 Å². The fourth-order valence-corrected chi connectivity index (χ4v) is 4.03. The third-order valence-electron chi connectivity index (χ3n) is 4.06. The Bertz CT molecular complexity index is 827. The second-order valence-corrected chi connectivity index (χ2v) is 12.1. The van der Waals surface area contributed by atoms with Gasteiger partial charge in [0.2, 0.25) is 0 Å². The Morgan fingerprint density at radius 1 is 0.870 bits per heavy atom. The van der Waals surface area contributed by atoms with Crippen molar-refractivity contribution >= 4 is 13.4 Å². The summed E-state index contributed by atoms with van der Waals surface area (Å²) < 4.78 is 2.00. The molecule has 0 spiro atoms. The van der Waals surface area contributed by atoms with E-state index in [9.17, 15) is 0 Å². The van der Waals surface area contributed by atoms with E-state index in [1.165, 1.54) is 16.7 Å². The monoisotopic (exact) mass is 321 g/mol. The summed E-state index contributed by atoms with van der Waals surface area (Å²) >= 11 is 0. The Balaban J connectivity index is 2.28. The van der Waals surface area contributed by atoms with Crippen LogP contribution in [0.3, 0.4) is 0 Å². The van der Waals surface area contributed by atoms with Crippen LogP contribution in [0.1, 0.15) is 11.1 Å². The third-order valence-corrected chi connectivity index (χ3v) is 5.82. The third kappa shape index (κ3) is 2.99. The molecule has 0 aliphatic heterocycles. The van der Waals surface area contributed by atoms with Gasteiger partial charge in [-0.15, -0.1) is 5.10 Å². The van der Waals surface area contributed by atoms with E-state index >= 15 is 0 Å². The van der Waals surface area contributed by atoms with Gasteiger partial charge in [-0.2, -0.15) is 0 Å². The average Bonchev–Trinajstić information content (AvgIpc) is 2.93. The summed E-state index contributed by atoms with van der Waals surface area (Å²) in [6, 6.07) is 16.9. The highest BCUT2D eigenvalue weighted by atomic mass is 28.3. The van der Waals surface area contributed by atoms with Crippen molar-refractivity contribution in [2.45, 2.75) is 33.5 Å². The molecule has 1 aromatic heterocycles. The molecule has 0 radical (unpaired) electrons. The molecule has 118 valence electrons. The molecule has 3 nitrogen and oxygen atoms in total. The highest BCUT2D eigenvalue weighted by Crippen LogP contribution is 2.25. The molecule has 0 N–H and O–H groups in total. The van der Waals surface area contributed by atoms with Gasteiger partial charge in [0.05, 0.1) is 16.7 Å². The fourth-order valence-electron chi connectivity index (χ4n) is 2.73. The maximum absolute atomic E-state index is 4.58. The van der Waals surface area contributed by atoms with Gasteiger partial charge in [0, 0.05) is 5.56 Å². The van der Waals surface area contributed by atoms with Crippen LogP contribution in [0.2, 0.25) is 19.6 Å². The second kappa shape index (κ2) is 5.78. The van der Waals surface area contributed by atoms with Crippen molar-refractivity contribution in [2.75, 3.05) is 0 Å². The Kier molecular flexibility index (Phi) is 3.94. The Morgan fingerprint density at radius 2 is 1.52 bits per heavy atom. The number of hydrogen-bond acceptors (Lipinski definition) is 2. The topological polar surface area (TPSA) is 30.7 Å².